The summed E-state index contributed by atoms with van der Waals surface area (Å²) < 4.78 is 0. The molecule has 0 aromatic heterocycles. The predicted molar refractivity (Wildman–Crippen MR) is 95.5 cm³/mol. The van der Waals surface area contributed by atoms with Crippen molar-refractivity contribution in [2.45, 2.75) is 31.7 Å². The van der Waals surface area contributed by atoms with Crippen LogP contribution >= 0.6 is 0 Å². The van der Waals surface area contributed by atoms with Gasteiger partial charge in [0.05, 0.1) is 20.1 Å². The van der Waals surface area contributed by atoms with E-state index < -0.39 is 26.1 Å². The number of carbonyl (C=O) groups is 1. The molecule has 0 heterocycles. The van der Waals surface area contributed by atoms with Gasteiger partial charge in [0.15, 0.2) is 0 Å². The molecule has 3 nitrogen and oxygen atoms in total. The van der Waals surface area contributed by atoms with Gasteiger partial charge < -0.3 is 10.2 Å². The van der Waals surface area contributed by atoms with E-state index >= 15 is 0 Å². The van der Waals surface area contributed by atoms with Crippen LogP contribution in [0.4, 0.5) is 0 Å². The number of aliphatic carboxylic acids is 1. The van der Waals surface area contributed by atoms with E-state index in [1.807, 2.05) is 48.5 Å². The van der Waals surface area contributed by atoms with Gasteiger partial charge >= 0.3 is 5.97 Å². The van der Waals surface area contributed by atoms with Crippen LogP contribution in [0.1, 0.15) is 18.0 Å². The van der Waals surface area contributed by atoms with Crippen molar-refractivity contribution in [3.63, 3.8) is 0 Å². The van der Waals surface area contributed by atoms with E-state index in [1.165, 1.54) is 5.19 Å². The molecule has 3 atom stereocenters. The summed E-state index contributed by atoms with van der Waals surface area (Å²) in [7, 11) is -2.18. The van der Waals surface area contributed by atoms with Crippen LogP contribution in [0, 0.1) is 5.92 Å². The largest absolute Gasteiger partial charge is 0.481 e. The maximum atomic E-state index is 11.9. The van der Waals surface area contributed by atoms with E-state index in [-0.39, 0.29) is 5.54 Å². The third-order valence-electron chi connectivity index (χ3n) is 4.62. The molecule has 4 heteroatoms. The van der Waals surface area contributed by atoms with E-state index in [1.54, 1.807) is 6.92 Å². The smallest absolute Gasteiger partial charge is 0.309 e. The van der Waals surface area contributed by atoms with Crippen molar-refractivity contribution in [2.24, 2.45) is 5.92 Å². The van der Waals surface area contributed by atoms with Crippen LogP contribution in [0.3, 0.4) is 0 Å². The normalized spacial score (nSPS) is 15.7. The monoisotopic (exact) mass is 328 g/mol. The minimum absolute atomic E-state index is 0.205. The van der Waals surface area contributed by atoms with Gasteiger partial charge in [-0.05, 0) is 18.0 Å². The minimum Gasteiger partial charge on any atom is -0.481 e. The van der Waals surface area contributed by atoms with Crippen molar-refractivity contribution in [3.8, 4) is 0 Å². The van der Waals surface area contributed by atoms with Gasteiger partial charge in [0.2, 0.25) is 0 Å². The first-order valence-electron chi connectivity index (χ1n) is 7.87. The lowest BCUT2D eigenvalue weighted by molar-refractivity contribution is -0.145. The van der Waals surface area contributed by atoms with Gasteiger partial charge in [-0.25, -0.2) is 0 Å². The maximum absolute atomic E-state index is 11.9. The van der Waals surface area contributed by atoms with E-state index in [9.17, 15) is 15.0 Å². The molecule has 0 aliphatic heterocycles. The number of rotatable bonds is 6. The Morgan fingerprint density at radius 3 is 1.87 bits per heavy atom. The number of hydrogen-bond donors (Lipinski definition) is 2. The lowest BCUT2D eigenvalue weighted by atomic mass is 9.94. The zero-order valence-electron chi connectivity index (χ0n) is 13.8. The number of benzene rings is 2. The van der Waals surface area contributed by atoms with Crippen LogP contribution in [0.25, 0.3) is 0 Å². The summed E-state index contributed by atoms with van der Waals surface area (Å²) in [6, 6.07) is 19.8. The molecule has 0 aliphatic carbocycles. The highest BCUT2D eigenvalue weighted by atomic mass is 28.3. The molecule has 23 heavy (non-hydrogen) atoms. The van der Waals surface area contributed by atoms with Gasteiger partial charge in [0.1, 0.15) is 0 Å². The molecule has 0 aliphatic rings. The Morgan fingerprint density at radius 2 is 1.43 bits per heavy atom. The summed E-state index contributed by atoms with van der Waals surface area (Å²) >= 11 is 0. The van der Waals surface area contributed by atoms with Crippen LogP contribution in [0.15, 0.2) is 60.7 Å². The second-order valence-electron chi connectivity index (χ2n) is 6.58. The van der Waals surface area contributed by atoms with E-state index in [0.717, 1.165) is 5.56 Å². The SMILES string of the molecule is C[C@@H](O)[C@H](C(=O)O)[C@H](c1ccccc1)[Si](C)(C)c1ccccc1. The zero-order valence-corrected chi connectivity index (χ0v) is 14.8. The van der Waals surface area contributed by atoms with Gasteiger partial charge in [-0.2, -0.15) is 0 Å². The lowest BCUT2D eigenvalue weighted by Crippen LogP contribution is -2.53. The number of aliphatic hydroxyl groups is 1. The Kier molecular flexibility index (Phi) is 5.39. The highest BCUT2D eigenvalue weighted by Crippen LogP contribution is 2.36. The molecular weight excluding hydrogens is 304 g/mol. The fraction of sp³-hybridized carbons (Fsp3) is 0.316. The minimum atomic E-state index is -2.18. The molecule has 0 saturated carbocycles. The van der Waals surface area contributed by atoms with Crippen molar-refractivity contribution < 1.29 is 15.0 Å². The highest BCUT2D eigenvalue weighted by Gasteiger charge is 2.44. The maximum Gasteiger partial charge on any atom is 0.309 e. The van der Waals surface area contributed by atoms with Crippen molar-refractivity contribution in [1.29, 1.82) is 0 Å². The second-order valence-corrected chi connectivity index (χ2v) is 11.2. The molecule has 0 amide bonds. The third-order valence-corrected chi connectivity index (χ3v) is 8.69. The van der Waals surface area contributed by atoms with Gasteiger partial charge in [-0.3, -0.25) is 4.79 Å². The standard InChI is InChI=1S/C19H24O3Si/c1-14(20)17(19(21)22)18(15-10-6-4-7-11-15)23(2,3)16-12-8-5-9-13-16/h4-14,17-18,20H,1-3H3,(H,21,22)/t14-,17+,18+/m1/s1. The van der Waals surface area contributed by atoms with Crippen molar-refractivity contribution in [3.05, 3.63) is 66.2 Å². The van der Waals surface area contributed by atoms with E-state index in [0.29, 0.717) is 0 Å². The number of carboxylic acids is 1. The molecule has 0 unspecified atom stereocenters. The van der Waals surface area contributed by atoms with E-state index in [4.69, 9.17) is 0 Å². The van der Waals surface area contributed by atoms with Crippen molar-refractivity contribution in [1.82, 2.24) is 0 Å². The first-order valence-corrected chi connectivity index (χ1v) is 10.9. The first kappa shape index (κ1) is 17.4. The summed E-state index contributed by atoms with van der Waals surface area (Å²) in [6.07, 6.45) is -0.909. The Labute approximate surface area is 138 Å². The summed E-state index contributed by atoms with van der Waals surface area (Å²) in [4.78, 5) is 11.9. The molecular formula is C19H24O3Si. The molecule has 0 spiro atoms. The number of aliphatic hydroxyl groups excluding tert-OH is 1. The second kappa shape index (κ2) is 7.11. The van der Waals surface area contributed by atoms with Gasteiger partial charge in [-0.15, -0.1) is 0 Å². The van der Waals surface area contributed by atoms with Crippen LogP contribution in [0.2, 0.25) is 13.1 Å². The fourth-order valence-corrected chi connectivity index (χ4v) is 7.16. The fourth-order valence-electron chi connectivity index (χ4n) is 3.41. The average Bonchev–Trinajstić information content (AvgIpc) is 2.53. The van der Waals surface area contributed by atoms with E-state index in [2.05, 4.69) is 25.2 Å². The summed E-state index contributed by atoms with van der Waals surface area (Å²) in [5, 5.41) is 21.1. The van der Waals surface area contributed by atoms with Crippen LogP contribution in [0.5, 0.6) is 0 Å². The molecule has 2 N–H and O–H groups in total. The topological polar surface area (TPSA) is 57.5 Å². The molecule has 0 bridgehead atoms. The van der Waals surface area contributed by atoms with Crippen LogP contribution in [-0.2, 0) is 4.79 Å². The number of carboxylic acid groups (broad SMARTS) is 1. The predicted octanol–water partition coefficient (Wildman–Crippen LogP) is 3.01. The lowest BCUT2D eigenvalue weighted by Gasteiger charge is -2.38. The summed E-state index contributed by atoms with van der Waals surface area (Å²) in [6.45, 7) is 5.93. The Bertz CT molecular complexity index is 638. The average molecular weight is 328 g/mol. The molecule has 2 aromatic rings. The third kappa shape index (κ3) is 3.71. The molecule has 2 rings (SSSR count). The van der Waals surface area contributed by atoms with Crippen LogP contribution in [-0.4, -0.2) is 30.4 Å². The van der Waals surface area contributed by atoms with Gasteiger partial charge in [0.25, 0.3) is 0 Å². The Balaban J connectivity index is 2.60. The van der Waals surface area contributed by atoms with Crippen molar-refractivity contribution >= 4 is 19.2 Å². The quantitative estimate of drug-likeness (QED) is 0.802. The first-order chi connectivity index (χ1) is 10.9. The summed E-state index contributed by atoms with van der Waals surface area (Å²) in [5.41, 5.74) is 0.782. The molecule has 2 aromatic carbocycles. The van der Waals surface area contributed by atoms with Crippen LogP contribution < -0.4 is 5.19 Å². The van der Waals surface area contributed by atoms with Gasteiger partial charge in [-0.1, -0.05) is 78.9 Å². The van der Waals surface area contributed by atoms with Crippen molar-refractivity contribution in [2.75, 3.05) is 0 Å². The number of hydrogen-bond acceptors (Lipinski definition) is 2. The molecule has 0 radical (unpaired) electrons. The van der Waals surface area contributed by atoms with Gasteiger partial charge in [0, 0.05) is 0 Å². The highest BCUT2D eigenvalue weighted by molar-refractivity contribution is 6.91. The Morgan fingerprint density at radius 1 is 0.957 bits per heavy atom. The molecule has 0 fully saturated rings. The molecule has 0 saturated heterocycles. The molecule has 122 valence electrons. The zero-order chi connectivity index (χ0) is 17.0. The Hall–Kier alpha value is -1.91. The summed E-state index contributed by atoms with van der Waals surface area (Å²) in [5.74, 6) is -1.76.